The Kier molecular flexibility index (Phi) is 5.79. The number of aryl methyl sites for hydroxylation is 1. The van der Waals surface area contributed by atoms with Crippen molar-refractivity contribution in [1.82, 2.24) is 4.90 Å². The minimum atomic E-state index is -1.07. The second-order valence-electron chi connectivity index (χ2n) is 6.74. The van der Waals surface area contributed by atoms with E-state index in [9.17, 15) is 24.8 Å². The van der Waals surface area contributed by atoms with Crippen molar-refractivity contribution in [2.24, 2.45) is 0 Å². The van der Waals surface area contributed by atoms with E-state index in [1.54, 1.807) is 0 Å². The molecule has 0 fully saturated rings. The fraction of sp³-hybridized carbons (Fsp3) is 0.300. The van der Waals surface area contributed by atoms with E-state index >= 15 is 0 Å². The van der Waals surface area contributed by atoms with Crippen LogP contribution in [0.25, 0.3) is 0 Å². The van der Waals surface area contributed by atoms with Crippen LogP contribution in [0.15, 0.2) is 42.5 Å². The van der Waals surface area contributed by atoms with Gasteiger partial charge in [-0.2, -0.15) is 0 Å². The van der Waals surface area contributed by atoms with E-state index in [1.165, 1.54) is 23.1 Å². The van der Waals surface area contributed by atoms with Gasteiger partial charge in [-0.3, -0.25) is 19.7 Å². The van der Waals surface area contributed by atoms with Crippen molar-refractivity contribution in [3.05, 3.63) is 74.8 Å². The topological polar surface area (TPSA) is 101 Å². The van der Waals surface area contributed by atoms with Gasteiger partial charge in [-0.05, 0) is 24.5 Å². The number of hydrogen-bond donors (Lipinski definition) is 1. The van der Waals surface area contributed by atoms with Crippen LogP contribution in [-0.4, -0.2) is 38.7 Å². The predicted octanol–water partition coefficient (Wildman–Crippen LogP) is 4.05. The Morgan fingerprint density at radius 1 is 1.25 bits per heavy atom. The number of nitro benzene ring substituents is 1. The van der Waals surface area contributed by atoms with Gasteiger partial charge in [-0.1, -0.05) is 51.8 Å². The molecule has 0 aliphatic carbocycles. The number of carboxylic acid groups (broad SMARTS) is 1. The second-order valence-corrected chi connectivity index (χ2v) is 7.53. The van der Waals surface area contributed by atoms with Crippen molar-refractivity contribution in [1.29, 1.82) is 0 Å². The van der Waals surface area contributed by atoms with Gasteiger partial charge in [-0.15, -0.1) is 0 Å². The molecule has 0 spiro atoms. The zero-order valence-electron chi connectivity index (χ0n) is 15.2. The molecule has 1 aliphatic rings. The van der Waals surface area contributed by atoms with Gasteiger partial charge in [0.15, 0.2) is 0 Å². The van der Waals surface area contributed by atoms with Crippen LogP contribution in [0.1, 0.15) is 45.4 Å². The number of halogens is 1. The maximum Gasteiger partial charge on any atom is 0.313 e. The number of benzene rings is 2. The third kappa shape index (κ3) is 3.64. The first kappa shape index (κ1) is 20.0. The van der Waals surface area contributed by atoms with Gasteiger partial charge in [0.2, 0.25) is 0 Å². The van der Waals surface area contributed by atoms with Gasteiger partial charge < -0.3 is 10.0 Å². The van der Waals surface area contributed by atoms with Crippen LogP contribution < -0.4 is 0 Å². The maximum absolute atomic E-state index is 13.2. The number of aliphatic carboxylic acids is 1. The lowest BCUT2D eigenvalue weighted by Gasteiger charge is -2.40. The maximum atomic E-state index is 13.2. The van der Waals surface area contributed by atoms with Gasteiger partial charge in [-0.25, -0.2) is 0 Å². The number of non-ortho nitro benzene ring substituents is 1. The Hall–Kier alpha value is -2.74. The van der Waals surface area contributed by atoms with Gasteiger partial charge >= 0.3 is 5.97 Å². The van der Waals surface area contributed by atoms with E-state index < -0.39 is 22.9 Å². The van der Waals surface area contributed by atoms with E-state index in [0.29, 0.717) is 23.9 Å². The molecule has 2 aromatic carbocycles. The summed E-state index contributed by atoms with van der Waals surface area (Å²) in [6.45, 7) is 2.27. The largest absolute Gasteiger partial charge is 0.481 e. The molecule has 8 heteroatoms. The molecule has 0 unspecified atom stereocenters. The second kappa shape index (κ2) is 8.10. The van der Waals surface area contributed by atoms with Crippen LogP contribution in [0.5, 0.6) is 0 Å². The molecule has 0 saturated carbocycles. The summed E-state index contributed by atoms with van der Waals surface area (Å²) >= 11 is 3.34. The zero-order valence-corrected chi connectivity index (χ0v) is 16.8. The van der Waals surface area contributed by atoms with Crippen molar-refractivity contribution < 1.29 is 19.6 Å². The number of nitrogens with zero attached hydrogens (tertiary/aromatic N) is 2. The van der Waals surface area contributed by atoms with Crippen LogP contribution in [0, 0.1) is 17.0 Å². The highest BCUT2D eigenvalue weighted by atomic mass is 79.9. The van der Waals surface area contributed by atoms with Crippen LogP contribution in [0.3, 0.4) is 0 Å². The highest BCUT2D eigenvalue weighted by Crippen LogP contribution is 2.43. The lowest BCUT2D eigenvalue weighted by atomic mass is 9.79. The van der Waals surface area contributed by atoms with E-state index in [4.69, 9.17) is 0 Å². The molecular formula is C20H19BrN2O5. The molecular weight excluding hydrogens is 428 g/mol. The SMILES string of the molecule is Cc1ccc([C@@H]2[C@H](C(=O)O)c3ccc([N+](=O)[O-])cc3C(=O)N2CCCBr)cc1. The standard InChI is InChI=1S/C20H19BrN2O5/c1-12-3-5-13(6-4-12)18-17(20(25)26)15-8-7-14(23(27)28)11-16(15)19(24)22(18)10-2-9-21/h3-8,11,17-18H,2,9-10H2,1H3,(H,25,26)/t17-,18-/m1/s1. The first-order valence-corrected chi connectivity index (χ1v) is 9.92. The third-order valence-electron chi connectivity index (χ3n) is 4.94. The Bertz CT molecular complexity index is 929. The summed E-state index contributed by atoms with van der Waals surface area (Å²) in [4.78, 5) is 37.5. The average Bonchev–Trinajstić information content (AvgIpc) is 2.67. The van der Waals surface area contributed by atoms with Crippen molar-refractivity contribution in [3.63, 3.8) is 0 Å². The molecule has 0 aromatic heterocycles. The number of hydrogen-bond acceptors (Lipinski definition) is 4. The summed E-state index contributed by atoms with van der Waals surface area (Å²) in [7, 11) is 0. The predicted molar refractivity (Wildman–Crippen MR) is 107 cm³/mol. The lowest BCUT2D eigenvalue weighted by Crippen LogP contribution is -2.45. The number of fused-ring (bicyclic) bond motifs is 1. The van der Waals surface area contributed by atoms with E-state index in [1.807, 2.05) is 31.2 Å². The Morgan fingerprint density at radius 3 is 2.50 bits per heavy atom. The van der Waals surface area contributed by atoms with Crippen LogP contribution in [0.2, 0.25) is 0 Å². The first-order valence-electron chi connectivity index (χ1n) is 8.79. The smallest absolute Gasteiger partial charge is 0.313 e. The van der Waals surface area contributed by atoms with Crippen molar-refractivity contribution >= 4 is 33.5 Å². The van der Waals surface area contributed by atoms with E-state index in [2.05, 4.69) is 15.9 Å². The number of amides is 1. The normalized spacial score (nSPS) is 18.6. The minimum Gasteiger partial charge on any atom is -0.481 e. The molecule has 1 N–H and O–H groups in total. The van der Waals surface area contributed by atoms with Crippen LogP contribution in [0.4, 0.5) is 5.69 Å². The molecule has 146 valence electrons. The molecule has 1 amide bonds. The highest BCUT2D eigenvalue weighted by Gasteiger charge is 2.44. The van der Waals surface area contributed by atoms with Crippen molar-refractivity contribution in [2.45, 2.75) is 25.3 Å². The van der Waals surface area contributed by atoms with Gasteiger partial charge in [0.05, 0.1) is 16.5 Å². The monoisotopic (exact) mass is 446 g/mol. The van der Waals surface area contributed by atoms with Gasteiger partial charge in [0, 0.05) is 24.0 Å². The fourth-order valence-corrected chi connectivity index (χ4v) is 3.87. The fourth-order valence-electron chi connectivity index (χ4n) is 3.62. The van der Waals surface area contributed by atoms with E-state index in [0.717, 1.165) is 11.1 Å². The third-order valence-corrected chi connectivity index (χ3v) is 5.50. The summed E-state index contributed by atoms with van der Waals surface area (Å²) in [6, 6.07) is 10.6. The van der Waals surface area contributed by atoms with Gasteiger partial charge in [0.25, 0.3) is 11.6 Å². The average molecular weight is 447 g/mol. The molecule has 28 heavy (non-hydrogen) atoms. The summed E-state index contributed by atoms with van der Waals surface area (Å²) in [5.41, 5.74) is 1.92. The molecule has 7 nitrogen and oxygen atoms in total. The highest BCUT2D eigenvalue weighted by molar-refractivity contribution is 9.09. The first-order chi connectivity index (χ1) is 13.3. The molecule has 2 aromatic rings. The minimum absolute atomic E-state index is 0.0829. The molecule has 0 radical (unpaired) electrons. The molecule has 1 aliphatic heterocycles. The quantitative estimate of drug-likeness (QED) is 0.409. The number of carbonyl (C=O) groups excluding carboxylic acids is 1. The molecule has 0 saturated heterocycles. The van der Waals surface area contributed by atoms with Crippen molar-refractivity contribution in [3.8, 4) is 0 Å². The number of rotatable bonds is 6. The zero-order chi connectivity index (χ0) is 20.4. The van der Waals surface area contributed by atoms with Crippen LogP contribution in [-0.2, 0) is 4.79 Å². The Balaban J connectivity index is 2.20. The molecule has 1 heterocycles. The number of carboxylic acids is 1. The summed E-state index contributed by atoms with van der Waals surface area (Å²) in [5, 5.41) is 21.8. The Morgan fingerprint density at radius 2 is 1.93 bits per heavy atom. The molecule has 3 rings (SSSR count). The summed E-state index contributed by atoms with van der Waals surface area (Å²) < 4.78 is 0. The van der Waals surface area contributed by atoms with Gasteiger partial charge in [0.1, 0.15) is 5.92 Å². The van der Waals surface area contributed by atoms with Crippen molar-refractivity contribution in [2.75, 3.05) is 11.9 Å². The molecule has 2 atom stereocenters. The number of carbonyl (C=O) groups is 2. The van der Waals surface area contributed by atoms with E-state index in [-0.39, 0.29) is 17.2 Å². The van der Waals surface area contributed by atoms with Crippen LogP contribution >= 0.6 is 15.9 Å². The lowest BCUT2D eigenvalue weighted by molar-refractivity contribution is -0.384. The molecule has 0 bridgehead atoms. The Labute approximate surface area is 170 Å². The number of alkyl halides is 1. The number of nitro groups is 1. The summed E-state index contributed by atoms with van der Waals surface area (Å²) in [5.74, 6) is -2.47. The summed E-state index contributed by atoms with van der Waals surface area (Å²) in [6.07, 6.45) is 0.630.